The van der Waals surface area contributed by atoms with Crippen LogP contribution in [-0.4, -0.2) is 17.0 Å². The molecule has 2 aromatic rings. The van der Waals surface area contributed by atoms with Crippen molar-refractivity contribution < 1.29 is 4.79 Å². The highest BCUT2D eigenvalue weighted by Crippen LogP contribution is 2.29. The maximum Gasteiger partial charge on any atom is 0.260 e. The Kier molecular flexibility index (Phi) is 5.35. The number of benzene rings is 2. The molecular weight excluding hydrogens is 284 g/mol. The summed E-state index contributed by atoms with van der Waals surface area (Å²) < 4.78 is 0. The van der Waals surface area contributed by atoms with Crippen LogP contribution in [0.25, 0.3) is 17.2 Å². The molecule has 0 saturated heterocycles. The number of aryl methyl sites for hydroxylation is 1. The molecule has 0 aromatic heterocycles. The first kappa shape index (κ1) is 17.0. The van der Waals surface area contributed by atoms with E-state index in [0.717, 1.165) is 11.1 Å². The predicted molar refractivity (Wildman–Crippen MR) is 96.6 cm³/mol. The van der Waals surface area contributed by atoms with Gasteiger partial charge in [-0.1, -0.05) is 42.5 Å². The van der Waals surface area contributed by atoms with Gasteiger partial charge in [0.2, 0.25) is 0 Å². The van der Waals surface area contributed by atoms with E-state index in [1.54, 1.807) is 0 Å². The Morgan fingerprint density at radius 2 is 1.70 bits per heavy atom. The van der Waals surface area contributed by atoms with E-state index in [-0.39, 0.29) is 11.9 Å². The summed E-state index contributed by atoms with van der Waals surface area (Å²) in [6.45, 7) is 8.00. The first-order chi connectivity index (χ1) is 10.9. The molecule has 0 aliphatic heterocycles. The van der Waals surface area contributed by atoms with Crippen LogP contribution in [0.5, 0.6) is 0 Å². The molecule has 0 unspecified atom stereocenters. The highest BCUT2D eigenvalue weighted by molar-refractivity contribution is 5.93. The molecule has 2 rings (SSSR count). The van der Waals surface area contributed by atoms with Crippen molar-refractivity contribution in [2.24, 2.45) is 5.84 Å². The largest absolute Gasteiger partial charge is 0.275 e. The van der Waals surface area contributed by atoms with Crippen molar-refractivity contribution in [2.45, 2.75) is 33.7 Å². The van der Waals surface area contributed by atoms with E-state index >= 15 is 0 Å². The van der Waals surface area contributed by atoms with Crippen LogP contribution in [0.4, 0.5) is 0 Å². The van der Waals surface area contributed by atoms with E-state index in [0.29, 0.717) is 0 Å². The molecule has 3 nitrogen and oxygen atoms in total. The second-order valence-electron chi connectivity index (χ2n) is 6.01. The first-order valence-corrected chi connectivity index (χ1v) is 7.83. The number of rotatable bonds is 4. The fourth-order valence-electron chi connectivity index (χ4n) is 2.43. The Bertz CT molecular complexity index is 732. The number of nitrogens with zero attached hydrogens (tertiary/aromatic N) is 1. The molecule has 2 N–H and O–H groups in total. The van der Waals surface area contributed by atoms with Crippen molar-refractivity contribution >= 4 is 12.0 Å². The van der Waals surface area contributed by atoms with Crippen LogP contribution >= 0.6 is 0 Å². The summed E-state index contributed by atoms with van der Waals surface area (Å²) in [6.07, 6.45) is 3.37. The van der Waals surface area contributed by atoms with Gasteiger partial charge in [-0.15, -0.1) is 0 Å². The van der Waals surface area contributed by atoms with Crippen LogP contribution in [0, 0.1) is 13.8 Å². The Hall–Kier alpha value is -2.39. The molecule has 0 fully saturated rings. The van der Waals surface area contributed by atoms with Gasteiger partial charge in [-0.3, -0.25) is 9.80 Å². The van der Waals surface area contributed by atoms with Crippen LogP contribution in [0.15, 0.2) is 48.5 Å². The van der Waals surface area contributed by atoms with Crippen LogP contribution in [-0.2, 0) is 4.79 Å². The zero-order valence-electron chi connectivity index (χ0n) is 14.2. The van der Waals surface area contributed by atoms with Crippen molar-refractivity contribution in [1.82, 2.24) is 5.01 Å². The minimum absolute atomic E-state index is 0.0265. The highest BCUT2D eigenvalue weighted by Gasteiger charge is 2.10. The van der Waals surface area contributed by atoms with Crippen LogP contribution in [0.2, 0.25) is 0 Å². The number of hydrogen-bond donors (Lipinski definition) is 1. The van der Waals surface area contributed by atoms with Gasteiger partial charge in [0.15, 0.2) is 0 Å². The molecule has 1 amide bonds. The lowest BCUT2D eigenvalue weighted by Crippen LogP contribution is -2.41. The van der Waals surface area contributed by atoms with Crippen LogP contribution < -0.4 is 5.84 Å². The minimum atomic E-state index is -0.198. The lowest BCUT2D eigenvalue weighted by atomic mass is 9.93. The monoisotopic (exact) mass is 308 g/mol. The van der Waals surface area contributed by atoms with Crippen LogP contribution in [0.3, 0.4) is 0 Å². The van der Waals surface area contributed by atoms with E-state index in [1.165, 1.54) is 27.8 Å². The molecule has 0 spiro atoms. The maximum atomic E-state index is 12.0. The van der Waals surface area contributed by atoms with E-state index < -0.39 is 0 Å². The summed E-state index contributed by atoms with van der Waals surface area (Å²) in [5.41, 5.74) is 5.82. The van der Waals surface area contributed by atoms with Gasteiger partial charge < -0.3 is 0 Å². The lowest BCUT2D eigenvalue weighted by molar-refractivity contribution is -0.127. The third-order valence-electron chi connectivity index (χ3n) is 4.07. The molecule has 0 saturated carbocycles. The van der Waals surface area contributed by atoms with Gasteiger partial charge in [-0.25, -0.2) is 5.84 Å². The standard InChI is InChI=1S/C20H24N2O/c1-14(2)22(21)20(23)13-12-17-9-5-6-10-19(17)18-11-7-8-15(3)16(18)4/h5-14H,21H2,1-4H3. The lowest BCUT2D eigenvalue weighted by Gasteiger charge is -2.18. The minimum Gasteiger partial charge on any atom is -0.275 e. The highest BCUT2D eigenvalue weighted by atomic mass is 16.2. The van der Waals surface area contributed by atoms with Gasteiger partial charge >= 0.3 is 0 Å². The molecule has 0 bridgehead atoms. The number of nitrogens with two attached hydrogens (primary N) is 1. The molecule has 120 valence electrons. The van der Waals surface area contributed by atoms with Gasteiger partial charge in [0, 0.05) is 12.1 Å². The second kappa shape index (κ2) is 7.25. The van der Waals surface area contributed by atoms with Crippen molar-refractivity contribution in [3.05, 3.63) is 65.2 Å². The zero-order valence-corrected chi connectivity index (χ0v) is 14.2. The van der Waals surface area contributed by atoms with Crippen molar-refractivity contribution in [3.63, 3.8) is 0 Å². The summed E-state index contributed by atoms with van der Waals surface area (Å²) in [6, 6.07) is 14.3. The smallest absolute Gasteiger partial charge is 0.260 e. The Morgan fingerprint density at radius 3 is 2.39 bits per heavy atom. The molecule has 23 heavy (non-hydrogen) atoms. The van der Waals surface area contributed by atoms with Crippen molar-refractivity contribution in [2.75, 3.05) is 0 Å². The number of hydrazine groups is 1. The summed E-state index contributed by atoms with van der Waals surface area (Å²) >= 11 is 0. The Labute approximate surface area is 138 Å². The van der Waals surface area contributed by atoms with E-state index in [4.69, 9.17) is 5.84 Å². The third-order valence-corrected chi connectivity index (χ3v) is 4.07. The Morgan fingerprint density at radius 1 is 1.04 bits per heavy atom. The van der Waals surface area contributed by atoms with Gasteiger partial charge in [0.25, 0.3) is 5.91 Å². The third kappa shape index (κ3) is 3.88. The Balaban J connectivity index is 2.39. The SMILES string of the molecule is Cc1cccc(-c2ccccc2C=CC(=O)N(N)C(C)C)c1C. The number of carbonyl (C=O) groups is 1. The summed E-state index contributed by atoms with van der Waals surface area (Å²) in [5, 5.41) is 1.23. The van der Waals surface area contributed by atoms with Gasteiger partial charge in [-0.05, 0) is 61.6 Å². The summed E-state index contributed by atoms with van der Waals surface area (Å²) in [5.74, 6) is 5.55. The van der Waals surface area contributed by atoms with Crippen LogP contribution in [0.1, 0.15) is 30.5 Å². The fraction of sp³-hybridized carbons (Fsp3) is 0.250. The molecule has 0 aliphatic rings. The molecule has 2 aromatic carbocycles. The average Bonchev–Trinajstić information content (AvgIpc) is 2.54. The predicted octanol–water partition coefficient (Wildman–Crippen LogP) is 4.09. The zero-order chi connectivity index (χ0) is 17.0. The topological polar surface area (TPSA) is 46.3 Å². The normalized spacial score (nSPS) is 11.2. The average molecular weight is 308 g/mol. The second-order valence-corrected chi connectivity index (χ2v) is 6.01. The fourth-order valence-corrected chi connectivity index (χ4v) is 2.43. The maximum absolute atomic E-state index is 12.0. The summed E-state index contributed by atoms with van der Waals surface area (Å²) in [7, 11) is 0. The molecule has 0 aliphatic carbocycles. The van der Waals surface area contributed by atoms with Gasteiger partial charge in [-0.2, -0.15) is 0 Å². The van der Waals surface area contributed by atoms with E-state index in [2.05, 4.69) is 38.1 Å². The quantitative estimate of drug-likeness (QED) is 0.400. The van der Waals surface area contributed by atoms with Crippen molar-refractivity contribution in [1.29, 1.82) is 0 Å². The summed E-state index contributed by atoms with van der Waals surface area (Å²) in [4.78, 5) is 12.0. The van der Waals surface area contributed by atoms with Crippen molar-refractivity contribution in [3.8, 4) is 11.1 Å². The molecule has 3 heteroatoms. The first-order valence-electron chi connectivity index (χ1n) is 7.83. The van der Waals surface area contributed by atoms with E-state index in [9.17, 15) is 4.79 Å². The number of hydrogen-bond acceptors (Lipinski definition) is 2. The molecular formula is C20H24N2O. The molecule has 0 atom stereocenters. The number of carbonyl (C=O) groups excluding carboxylic acids is 1. The number of amides is 1. The van der Waals surface area contributed by atoms with Gasteiger partial charge in [0.1, 0.15) is 0 Å². The van der Waals surface area contributed by atoms with Gasteiger partial charge in [0.05, 0.1) is 0 Å². The molecule has 0 heterocycles. The molecule has 0 radical (unpaired) electrons. The van der Waals surface area contributed by atoms with E-state index in [1.807, 2.05) is 38.1 Å².